The minimum atomic E-state index is -1.10. The summed E-state index contributed by atoms with van der Waals surface area (Å²) in [5, 5.41) is -0.456. The van der Waals surface area contributed by atoms with Crippen LogP contribution in [0.25, 0.3) is 0 Å². The van der Waals surface area contributed by atoms with Crippen LogP contribution in [0.1, 0.15) is 17.3 Å². The Bertz CT molecular complexity index is 459. The van der Waals surface area contributed by atoms with Gasteiger partial charge in [0.15, 0.2) is 0 Å². The van der Waals surface area contributed by atoms with E-state index in [1.54, 1.807) is 6.92 Å². The van der Waals surface area contributed by atoms with E-state index in [2.05, 4.69) is 4.74 Å². The van der Waals surface area contributed by atoms with Gasteiger partial charge in [-0.1, -0.05) is 11.6 Å². The first-order valence-corrected chi connectivity index (χ1v) is 5.14. The highest BCUT2D eigenvalue weighted by atomic mass is 35.5. The van der Waals surface area contributed by atoms with Crippen molar-refractivity contribution in [1.82, 2.24) is 0 Å². The van der Waals surface area contributed by atoms with Crippen molar-refractivity contribution >= 4 is 23.4 Å². The Morgan fingerprint density at radius 1 is 1.41 bits per heavy atom. The van der Waals surface area contributed by atoms with Crippen LogP contribution in [0.5, 0.6) is 5.75 Å². The normalized spacial score (nSPS) is 9.88. The number of hydrogen-bond acceptors (Lipinski definition) is 4. The van der Waals surface area contributed by atoms with Crippen LogP contribution in [-0.2, 0) is 9.53 Å². The zero-order valence-corrected chi connectivity index (χ0v) is 10.0. The Labute approximate surface area is 102 Å². The molecule has 0 saturated heterocycles. The molecule has 17 heavy (non-hydrogen) atoms. The van der Waals surface area contributed by atoms with Gasteiger partial charge in [0, 0.05) is 0 Å². The second-order valence-electron chi connectivity index (χ2n) is 2.99. The van der Waals surface area contributed by atoms with Crippen molar-refractivity contribution in [1.29, 1.82) is 0 Å². The van der Waals surface area contributed by atoms with Crippen molar-refractivity contribution in [3.05, 3.63) is 28.5 Å². The molecule has 0 aliphatic heterocycles. The quantitative estimate of drug-likeness (QED) is 0.473. The van der Waals surface area contributed by atoms with Gasteiger partial charge in [0.25, 0.3) is 5.78 Å². The molecule has 92 valence electrons. The SMILES string of the molecule is CCOC(=O)C(=O)c1c(OC)ccc(F)c1Cl. The van der Waals surface area contributed by atoms with Gasteiger partial charge in [-0.2, -0.15) is 0 Å². The summed E-state index contributed by atoms with van der Waals surface area (Å²) in [4.78, 5) is 22.9. The second-order valence-corrected chi connectivity index (χ2v) is 3.37. The molecule has 0 spiro atoms. The van der Waals surface area contributed by atoms with E-state index >= 15 is 0 Å². The lowest BCUT2D eigenvalue weighted by Gasteiger charge is -2.09. The van der Waals surface area contributed by atoms with Gasteiger partial charge < -0.3 is 9.47 Å². The standard InChI is InChI=1S/C11H10ClFO4/c1-3-17-11(15)10(14)8-7(16-2)5-4-6(13)9(8)12/h4-5H,3H2,1-2H3. The van der Waals surface area contributed by atoms with Crippen molar-refractivity contribution in [3.8, 4) is 5.75 Å². The molecule has 0 bridgehead atoms. The van der Waals surface area contributed by atoms with E-state index in [-0.39, 0.29) is 17.9 Å². The number of Topliss-reactive ketones (excluding diaryl/α,β-unsaturated/α-hetero) is 1. The Morgan fingerprint density at radius 3 is 2.59 bits per heavy atom. The highest BCUT2D eigenvalue weighted by molar-refractivity contribution is 6.46. The molecule has 0 amide bonds. The average Bonchev–Trinajstić information content (AvgIpc) is 2.32. The van der Waals surface area contributed by atoms with E-state index in [0.717, 1.165) is 6.07 Å². The highest BCUT2D eigenvalue weighted by Crippen LogP contribution is 2.29. The fraction of sp³-hybridized carbons (Fsp3) is 0.273. The molecule has 0 aliphatic carbocycles. The van der Waals surface area contributed by atoms with Crippen LogP contribution < -0.4 is 4.74 Å². The number of carbonyl (C=O) groups is 2. The summed E-state index contributed by atoms with van der Waals surface area (Å²) in [6.07, 6.45) is 0. The van der Waals surface area contributed by atoms with Gasteiger partial charge in [0.05, 0.1) is 24.3 Å². The fourth-order valence-corrected chi connectivity index (χ4v) is 1.46. The molecule has 6 heteroatoms. The van der Waals surface area contributed by atoms with Gasteiger partial charge in [0.2, 0.25) is 0 Å². The summed E-state index contributed by atoms with van der Waals surface area (Å²) >= 11 is 5.63. The number of esters is 1. The zero-order valence-electron chi connectivity index (χ0n) is 9.25. The van der Waals surface area contributed by atoms with Crippen LogP contribution >= 0.6 is 11.6 Å². The molecule has 1 rings (SSSR count). The van der Waals surface area contributed by atoms with Crippen molar-refractivity contribution in [2.45, 2.75) is 6.92 Å². The van der Waals surface area contributed by atoms with Crippen LogP contribution in [0.2, 0.25) is 5.02 Å². The largest absolute Gasteiger partial charge is 0.496 e. The van der Waals surface area contributed by atoms with Crippen LogP contribution in [-0.4, -0.2) is 25.5 Å². The summed E-state index contributed by atoms with van der Waals surface area (Å²) in [5.41, 5.74) is -0.326. The molecular weight excluding hydrogens is 251 g/mol. The number of carbonyl (C=O) groups excluding carboxylic acids is 2. The molecule has 0 heterocycles. The summed E-state index contributed by atoms with van der Waals surface area (Å²) in [6, 6.07) is 2.26. The smallest absolute Gasteiger partial charge is 0.379 e. The van der Waals surface area contributed by atoms with Crippen molar-refractivity contribution in [3.63, 3.8) is 0 Å². The van der Waals surface area contributed by atoms with Crippen LogP contribution in [0, 0.1) is 5.82 Å². The maximum Gasteiger partial charge on any atom is 0.379 e. The van der Waals surface area contributed by atoms with Crippen molar-refractivity contribution < 1.29 is 23.5 Å². The maximum atomic E-state index is 13.2. The first kappa shape index (κ1) is 13.4. The first-order valence-electron chi connectivity index (χ1n) is 4.76. The number of ether oxygens (including phenoxy) is 2. The van der Waals surface area contributed by atoms with Gasteiger partial charge in [0.1, 0.15) is 11.6 Å². The molecule has 0 saturated carbocycles. The van der Waals surface area contributed by atoms with E-state index < -0.39 is 22.6 Å². The van der Waals surface area contributed by atoms with E-state index in [1.807, 2.05) is 0 Å². The second kappa shape index (κ2) is 5.63. The van der Waals surface area contributed by atoms with Crippen molar-refractivity contribution in [2.24, 2.45) is 0 Å². The Balaban J connectivity index is 3.24. The lowest BCUT2D eigenvalue weighted by atomic mass is 10.1. The third-order valence-corrected chi connectivity index (χ3v) is 2.33. The van der Waals surface area contributed by atoms with Crippen LogP contribution in [0.3, 0.4) is 0 Å². The molecule has 0 aromatic heterocycles. The van der Waals surface area contributed by atoms with Crippen LogP contribution in [0.4, 0.5) is 4.39 Å². The molecular formula is C11H10ClFO4. The van der Waals surface area contributed by atoms with Gasteiger partial charge in [-0.25, -0.2) is 9.18 Å². The van der Waals surface area contributed by atoms with Gasteiger partial charge in [-0.15, -0.1) is 0 Å². The molecule has 0 unspecified atom stereocenters. The van der Waals surface area contributed by atoms with Gasteiger partial charge in [-0.05, 0) is 19.1 Å². The van der Waals surface area contributed by atoms with Crippen LogP contribution in [0.15, 0.2) is 12.1 Å². The molecule has 0 fully saturated rings. The number of ketones is 1. The number of hydrogen-bond donors (Lipinski definition) is 0. The Hall–Kier alpha value is -1.62. The predicted octanol–water partition coefficient (Wildman–Crippen LogP) is 2.23. The third kappa shape index (κ3) is 2.74. The predicted molar refractivity (Wildman–Crippen MR) is 58.9 cm³/mol. The molecule has 1 aromatic carbocycles. The summed E-state index contributed by atoms with van der Waals surface area (Å²) < 4.78 is 22.6. The number of methoxy groups -OCH3 is 1. The van der Waals surface area contributed by atoms with Crippen molar-refractivity contribution in [2.75, 3.05) is 13.7 Å². The Morgan fingerprint density at radius 2 is 2.06 bits per heavy atom. The van der Waals surface area contributed by atoms with E-state index in [0.29, 0.717) is 0 Å². The first-order chi connectivity index (χ1) is 8.02. The fourth-order valence-electron chi connectivity index (χ4n) is 1.21. The summed E-state index contributed by atoms with van der Waals surface area (Å²) in [7, 11) is 1.28. The lowest BCUT2D eigenvalue weighted by Crippen LogP contribution is -2.19. The topological polar surface area (TPSA) is 52.6 Å². The number of benzene rings is 1. The monoisotopic (exact) mass is 260 g/mol. The van der Waals surface area contributed by atoms with E-state index in [1.165, 1.54) is 13.2 Å². The van der Waals surface area contributed by atoms with E-state index in [4.69, 9.17) is 16.3 Å². The number of rotatable bonds is 4. The molecule has 1 aromatic rings. The highest BCUT2D eigenvalue weighted by Gasteiger charge is 2.26. The molecule has 4 nitrogen and oxygen atoms in total. The Kier molecular flexibility index (Phi) is 4.45. The summed E-state index contributed by atoms with van der Waals surface area (Å²) in [6.45, 7) is 1.59. The molecule has 0 N–H and O–H groups in total. The lowest BCUT2D eigenvalue weighted by molar-refractivity contribution is -0.137. The maximum absolute atomic E-state index is 13.2. The molecule has 0 atom stereocenters. The molecule has 0 aliphatic rings. The average molecular weight is 261 g/mol. The van der Waals surface area contributed by atoms with Gasteiger partial charge in [-0.3, -0.25) is 4.79 Å². The van der Waals surface area contributed by atoms with Gasteiger partial charge >= 0.3 is 5.97 Å². The number of halogens is 2. The minimum absolute atomic E-state index is 0.0226. The summed E-state index contributed by atoms with van der Waals surface area (Å²) in [5.74, 6) is -2.92. The zero-order chi connectivity index (χ0) is 13.0. The third-order valence-electron chi connectivity index (χ3n) is 1.96. The molecule has 0 radical (unpaired) electrons. The minimum Gasteiger partial charge on any atom is -0.496 e. The van der Waals surface area contributed by atoms with E-state index in [9.17, 15) is 14.0 Å².